The number of pyridine rings is 2. The second kappa shape index (κ2) is 11.3. The molecule has 11 aromatic rings. The standard InChI is InChI=1S/C49H31N3/c1-3-14-32(15-4-1)36-29-43(33-16-5-2-6-17-33)50-44(30-36)34-18-13-19-37(28-34)51-45-24-11-10-23-41(45)42-27-26-35-31-47-40-22-8-7-20-38(40)39-21-9-12-25-46(39)52(47)48(35)49(42)51/h1-31H. The number of benzene rings is 7. The molecule has 242 valence electrons. The van der Waals surface area contributed by atoms with E-state index in [2.05, 4.69) is 197 Å². The molecule has 4 aromatic heterocycles. The van der Waals surface area contributed by atoms with Gasteiger partial charge in [-0.1, -0.05) is 146 Å². The minimum absolute atomic E-state index is 0.943. The van der Waals surface area contributed by atoms with Gasteiger partial charge >= 0.3 is 0 Å². The molecule has 0 saturated carbocycles. The summed E-state index contributed by atoms with van der Waals surface area (Å²) in [6, 6.07) is 67.8. The minimum atomic E-state index is 0.943. The van der Waals surface area contributed by atoms with Gasteiger partial charge in [0.2, 0.25) is 0 Å². The molecule has 52 heavy (non-hydrogen) atoms. The maximum atomic E-state index is 5.28. The van der Waals surface area contributed by atoms with Gasteiger partial charge in [-0.15, -0.1) is 0 Å². The molecule has 3 heteroatoms. The van der Waals surface area contributed by atoms with Crippen LogP contribution in [0.15, 0.2) is 188 Å². The highest BCUT2D eigenvalue weighted by Crippen LogP contribution is 2.41. The lowest BCUT2D eigenvalue weighted by atomic mass is 10.00. The average molecular weight is 662 g/mol. The monoisotopic (exact) mass is 661 g/mol. The molecule has 0 saturated heterocycles. The van der Waals surface area contributed by atoms with E-state index >= 15 is 0 Å². The Kier molecular flexibility index (Phi) is 6.25. The zero-order chi connectivity index (χ0) is 34.2. The molecule has 0 atom stereocenters. The van der Waals surface area contributed by atoms with Crippen molar-refractivity contribution in [2.75, 3.05) is 0 Å². The highest BCUT2D eigenvalue weighted by atomic mass is 15.0. The summed E-state index contributed by atoms with van der Waals surface area (Å²) < 4.78 is 4.96. The zero-order valence-electron chi connectivity index (χ0n) is 28.2. The van der Waals surface area contributed by atoms with Crippen LogP contribution in [0.3, 0.4) is 0 Å². The zero-order valence-corrected chi connectivity index (χ0v) is 28.2. The van der Waals surface area contributed by atoms with Gasteiger partial charge in [0.25, 0.3) is 0 Å². The molecule has 0 aliphatic heterocycles. The number of hydrogen-bond acceptors (Lipinski definition) is 1. The van der Waals surface area contributed by atoms with Crippen molar-refractivity contribution in [2.24, 2.45) is 0 Å². The van der Waals surface area contributed by atoms with Crippen molar-refractivity contribution in [2.45, 2.75) is 0 Å². The van der Waals surface area contributed by atoms with E-state index in [0.29, 0.717) is 0 Å². The Morgan fingerprint density at radius 3 is 1.65 bits per heavy atom. The highest BCUT2D eigenvalue weighted by molar-refractivity contribution is 6.22. The number of nitrogens with zero attached hydrogens (tertiary/aromatic N) is 3. The van der Waals surface area contributed by atoms with Crippen molar-refractivity contribution < 1.29 is 0 Å². The van der Waals surface area contributed by atoms with E-state index in [-0.39, 0.29) is 0 Å². The quantitative estimate of drug-likeness (QED) is 0.172. The van der Waals surface area contributed by atoms with E-state index in [0.717, 1.165) is 33.8 Å². The number of aromatic nitrogens is 3. The lowest BCUT2D eigenvalue weighted by molar-refractivity contribution is 1.18. The Morgan fingerprint density at radius 2 is 0.904 bits per heavy atom. The van der Waals surface area contributed by atoms with Gasteiger partial charge in [-0.2, -0.15) is 0 Å². The van der Waals surface area contributed by atoms with Crippen LogP contribution in [0.1, 0.15) is 0 Å². The van der Waals surface area contributed by atoms with Gasteiger partial charge in [-0.25, -0.2) is 4.98 Å². The lowest BCUT2D eigenvalue weighted by Gasteiger charge is -2.14. The first kappa shape index (κ1) is 28.8. The molecule has 0 aliphatic rings. The van der Waals surface area contributed by atoms with E-state index in [1.807, 2.05) is 0 Å². The van der Waals surface area contributed by atoms with Crippen molar-refractivity contribution in [1.82, 2.24) is 14.0 Å². The Hall–Kier alpha value is -6.97. The van der Waals surface area contributed by atoms with Crippen LogP contribution in [0.4, 0.5) is 0 Å². The fraction of sp³-hybridized carbons (Fsp3) is 0. The predicted molar refractivity (Wildman–Crippen MR) is 218 cm³/mol. The summed E-state index contributed by atoms with van der Waals surface area (Å²) in [5, 5.41) is 7.48. The predicted octanol–water partition coefficient (Wildman–Crippen LogP) is 12.9. The molecule has 0 aliphatic carbocycles. The Morgan fingerprint density at radius 1 is 0.327 bits per heavy atom. The second-order valence-electron chi connectivity index (χ2n) is 13.6. The van der Waals surface area contributed by atoms with Gasteiger partial charge in [-0.05, 0) is 59.0 Å². The first-order valence-electron chi connectivity index (χ1n) is 17.8. The molecular formula is C49H31N3. The highest BCUT2D eigenvalue weighted by Gasteiger charge is 2.20. The molecule has 0 bridgehead atoms. The molecular weight excluding hydrogens is 631 g/mol. The summed E-state index contributed by atoms with van der Waals surface area (Å²) in [6.45, 7) is 0. The van der Waals surface area contributed by atoms with Gasteiger partial charge in [0.15, 0.2) is 0 Å². The van der Waals surface area contributed by atoms with Gasteiger partial charge < -0.3 is 8.97 Å². The van der Waals surface area contributed by atoms with Gasteiger partial charge in [0, 0.05) is 43.7 Å². The van der Waals surface area contributed by atoms with Gasteiger partial charge in [0.1, 0.15) is 0 Å². The number of para-hydroxylation sites is 2. The number of rotatable bonds is 4. The molecule has 0 radical (unpaired) electrons. The largest absolute Gasteiger partial charge is 0.307 e. The summed E-state index contributed by atoms with van der Waals surface area (Å²) in [7, 11) is 0. The van der Waals surface area contributed by atoms with Crippen LogP contribution >= 0.6 is 0 Å². The minimum Gasteiger partial charge on any atom is -0.307 e. The van der Waals surface area contributed by atoms with E-state index in [1.54, 1.807) is 0 Å². The Labute approximate surface area is 300 Å². The fourth-order valence-corrected chi connectivity index (χ4v) is 8.33. The normalized spacial score (nSPS) is 11.8. The van der Waals surface area contributed by atoms with E-state index < -0.39 is 0 Å². The molecule has 11 rings (SSSR count). The molecule has 7 aromatic carbocycles. The molecule has 3 nitrogen and oxygen atoms in total. The third-order valence-electron chi connectivity index (χ3n) is 10.6. The lowest BCUT2D eigenvalue weighted by Crippen LogP contribution is -1.98. The number of hydrogen-bond donors (Lipinski definition) is 0. The van der Waals surface area contributed by atoms with Crippen molar-refractivity contribution >= 4 is 59.9 Å². The summed E-state index contributed by atoms with van der Waals surface area (Å²) in [4.78, 5) is 5.28. The van der Waals surface area contributed by atoms with E-state index in [1.165, 1.54) is 65.5 Å². The molecule has 0 fully saturated rings. The van der Waals surface area contributed by atoms with Crippen molar-refractivity contribution in [3.63, 3.8) is 0 Å². The molecule has 0 unspecified atom stereocenters. The molecule has 0 amide bonds. The van der Waals surface area contributed by atoms with Crippen LogP contribution in [-0.2, 0) is 0 Å². The van der Waals surface area contributed by atoms with Crippen LogP contribution < -0.4 is 0 Å². The third kappa shape index (κ3) is 4.30. The van der Waals surface area contributed by atoms with Crippen LogP contribution in [0.25, 0.3) is 99.2 Å². The summed E-state index contributed by atoms with van der Waals surface area (Å²) in [6.07, 6.45) is 0. The maximum absolute atomic E-state index is 5.28. The SMILES string of the molecule is c1ccc(-c2cc(-c3ccccc3)nc(-c3cccc(-n4c5ccccc5c5ccc6cc7c8ccccc8c8ccccc8n7c6c54)c3)c2)cc1. The summed E-state index contributed by atoms with van der Waals surface area (Å²) >= 11 is 0. The number of fused-ring (bicyclic) bond motifs is 12. The topological polar surface area (TPSA) is 22.2 Å². The fourth-order valence-electron chi connectivity index (χ4n) is 8.33. The first-order valence-corrected chi connectivity index (χ1v) is 17.8. The smallest absolute Gasteiger partial charge is 0.0788 e. The van der Waals surface area contributed by atoms with Crippen molar-refractivity contribution in [3.8, 4) is 39.3 Å². The average Bonchev–Trinajstić information content (AvgIpc) is 3.78. The summed E-state index contributed by atoms with van der Waals surface area (Å²) in [5.41, 5.74) is 13.5. The maximum Gasteiger partial charge on any atom is 0.0788 e. The summed E-state index contributed by atoms with van der Waals surface area (Å²) in [5.74, 6) is 0. The van der Waals surface area contributed by atoms with Crippen LogP contribution in [0.2, 0.25) is 0 Å². The first-order chi connectivity index (χ1) is 25.8. The molecule has 4 heterocycles. The van der Waals surface area contributed by atoms with Crippen LogP contribution in [-0.4, -0.2) is 14.0 Å². The molecule has 0 N–H and O–H groups in total. The Bertz CT molecular complexity index is 3110. The van der Waals surface area contributed by atoms with Crippen molar-refractivity contribution in [1.29, 1.82) is 0 Å². The van der Waals surface area contributed by atoms with Crippen LogP contribution in [0.5, 0.6) is 0 Å². The van der Waals surface area contributed by atoms with E-state index in [9.17, 15) is 0 Å². The van der Waals surface area contributed by atoms with Crippen molar-refractivity contribution in [3.05, 3.63) is 188 Å². The second-order valence-corrected chi connectivity index (χ2v) is 13.6. The van der Waals surface area contributed by atoms with Gasteiger partial charge in [-0.3, -0.25) is 0 Å². The third-order valence-corrected chi connectivity index (χ3v) is 10.6. The van der Waals surface area contributed by atoms with E-state index in [4.69, 9.17) is 4.98 Å². The van der Waals surface area contributed by atoms with Crippen LogP contribution in [0, 0.1) is 0 Å². The Balaban J connectivity index is 1.22. The molecule has 0 spiro atoms. The van der Waals surface area contributed by atoms with Gasteiger partial charge in [0.05, 0.1) is 39.0 Å².